The number of nitrogens with one attached hydrogen (secondary N) is 1. The SMILES string of the molecule is O=C(Cc1ccc(O)cc1)N(CC1CCCCN1)C1CC1. The Labute approximate surface area is 126 Å². The lowest BCUT2D eigenvalue weighted by Crippen LogP contribution is -2.47. The number of benzene rings is 1. The average Bonchev–Trinajstić information content (AvgIpc) is 3.33. The number of aromatic hydroxyl groups is 1. The topological polar surface area (TPSA) is 52.6 Å². The summed E-state index contributed by atoms with van der Waals surface area (Å²) in [5.41, 5.74) is 0.972. The van der Waals surface area contributed by atoms with Crippen molar-refractivity contribution in [1.29, 1.82) is 0 Å². The molecule has 2 aliphatic rings. The maximum Gasteiger partial charge on any atom is 0.227 e. The number of carbonyl (C=O) groups is 1. The minimum absolute atomic E-state index is 0.218. The lowest BCUT2D eigenvalue weighted by Gasteiger charge is -2.31. The zero-order chi connectivity index (χ0) is 14.7. The molecule has 114 valence electrons. The predicted octanol–water partition coefficient (Wildman–Crippen LogP) is 2.07. The molecule has 2 fully saturated rings. The highest BCUT2D eigenvalue weighted by molar-refractivity contribution is 5.79. The molecule has 3 rings (SSSR count). The van der Waals surface area contributed by atoms with Gasteiger partial charge < -0.3 is 15.3 Å². The molecule has 1 saturated carbocycles. The van der Waals surface area contributed by atoms with Gasteiger partial charge in [0, 0.05) is 18.6 Å². The average molecular weight is 288 g/mol. The fraction of sp³-hybridized carbons (Fsp3) is 0.588. The fourth-order valence-corrected chi connectivity index (χ4v) is 3.05. The number of nitrogens with zero attached hydrogens (tertiary/aromatic N) is 1. The van der Waals surface area contributed by atoms with E-state index in [0.29, 0.717) is 18.5 Å². The first-order chi connectivity index (χ1) is 10.2. The van der Waals surface area contributed by atoms with Crippen LogP contribution in [0.15, 0.2) is 24.3 Å². The fourth-order valence-electron chi connectivity index (χ4n) is 3.05. The number of phenolic OH excluding ortho intramolecular Hbond substituents is 1. The quantitative estimate of drug-likeness (QED) is 0.872. The Morgan fingerprint density at radius 2 is 1.95 bits per heavy atom. The van der Waals surface area contributed by atoms with Crippen LogP contribution in [0.2, 0.25) is 0 Å². The van der Waals surface area contributed by atoms with Crippen molar-refractivity contribution in [2.24, 2.45) is 0 Å². The molecule has 2 N–H and O–H groups in total. The summed E-state index contributed by atoms with van der Waals surface area (Å²) in [6.45, 7) is 1.93. The molecule has 1 amide bonds. The van der Waals surface area contributed by atoms with Crippen LogP contribution in [0.3, 0.4) is 0 Å². The van der Waals surface area contributed by atoms with Gasteiger partial charge in [0.25, 0.3) is 0 Å². The van der Waals surface area contributed by atoms with Crippen LogP contribution in [-0.4, -0.2) is 41.1 Å². The van der Waals surface area contributed by atoms with Gasteiger partial charge in [-0.25, -0.2) is 0 Å². The molecule has 1 aliphatic carbocycles. The van der Waals surface area contributed by atoms with Gasteiger partial charge in [-0.05, 0) is 49.9 Å². The third kappa shape index (κ3) is 3.97. The van der Waals surface area contributed by atoms with Gasteiger partial charge >= 0.3 is 0 Å². The lowest BCUT2D eigenvalue weighted by atomic mass is 10.0. The van der Waals surface area contributed by atoms with Crippen molar-refractivity contribution < 1.29 is 9.90 Å². The van der Waals surface area contributed by atoms with Gasteiger partial charge in [-0.15, -0.1) is 0 Å². The summed E-state index contributed by atoms with van der Waals surface area (Å²) in [7, 11) is 0. The second kappa shape index (κ2) is 6.48. The van der Waals surface area contributed by atoms with E-state index >= 15 is 0 Å². The van der Waals surface area contributed by atoms with Crippen LogP contribution in [0.1, 0.15) is 37.7 Å². The van der Waals surface area contributed by atoms with Crippen LogP contribution >= 0.6 is 0 Å². The van der Waals surface area contributed by atoms with E-state index in [1.807, 2.05) is 12.1 Å². The monoisotopic (exact) mass is 288 g/mol. The summed E-state index contributed by atoms with van der Waals surface area (Å²) < 4.78 is 0. The predicted molar refractivity (Wildman–Crippen MR) is 82.2 cm³/mol. The van der Waals surface area contributed by atoms with Crippen LogP contribution in [0.25, 0.3) is 0 Å². The first-order valence-corrected chi connectivity index (χ1v) is 8.03. The van der Waals surface area contributed by atoms with E-state index in [9.17, 15) is 9.90 Å². The summed E-state index contributed by atoms with van der Waals surface area (Å²) in [6.07, 6.45) is 6.42. The Balaban J connectivity index is 1.60. The van der Waals surface area contributed by atoms with Crippen molar-refractivity contribution >= 4 is 5.91 Å². The van der Waals surface area contributed by atoms with Gasteiger partial charge in [0.05, 0.1) is 6.42 Å². The normalized spacial score (nSPS) is 22.0. The van der Waals surface area contributed by atoms with Gasteiger partial charge in [0.15, 0.2) is 0 Å². The van der Waals surface area contributed by atoms with E-state index in [0.717, 1.165) is 31.5 Å². The van der Waals surface area contributed by atoms with Crippen molar-refractivity contribution in [3.8, 4) is 5.75 Å². The molecule has 1 heterocycles. The third-order valence-electron chi connectivity index (χ3n) is 4.43. The van der Waals surface area contributed by atoms with Crippen LogP contribution < -0.4 is 5.32 Å². The van der Waals surface area contributed by atoms with E-state index in [-0.39, 0.29) is 11.7 Å². The Morgan fingerprint density at radius 1 is 1.19 bits per heavy atom. The second-order valence-corrected chi connectivity index (χ2v) is 6.27. The molecule has 0 radical (unpaired) electrons. The van der Waals surface area contributed by atoms with Crippen LogP contribution in [-0.2, 0) is 11.2 Å². The van der Waals surface area contributed by atoms with Crippen molar-refractivity contribution in [3.63, 3.8) is 0 Å². The first kappa shape index (κ1) is 14.4. The molecule has 21 heavy (non-hydrogen) atoms. The van der Waals surface area contributed by atoms with E-state index in [1.165, 1.54) is 19.3 Å². The van der Waals surface area contributed by atoms with E-state index in [2.05, 4.69) is 10.2 Å². The van der Waals surface area contributed by atoms with Gasteiger partial charge in [-0.3, -0.25) is 4.79 Å². The molecular weight excluding hydrogens is 264 g/mol. The maximum absolute atomic E-state index is 12.6. The highest BCUT2D eigenvalue weighted by Gasteiger charge is 2.34. The molecule has 1 saturated heterocycles. The zero-order valence-corrected chi connectivity index (χ0v) is 12.4. The smallest absolute Gasteiger partial charge is 0.227 e. The van der Waals surface area contributed by atoms with Crippen LogP contribution in [0.4, 0.5) is 0 Å². The molecule has 4 heteroatoms. The Hall–Kier alpha value is -1.55. The number of piperidine rings is 1. The minimum Gasteiger partial charge on any atom is -0.508 e. The van der Waals surface area contributed by atoms with Crippen molar-refractivity contribution in [1.82, 2.24) is 10.2 Å². The molecule has 0 spiro atoms. The highest BCUT2D eigenvalue weighted by atomic mass is 16.3. The molecule has 1 atom stereocenters. The van der Waals surface area contributed by atoms with Crippen LogP contribution in [0, 0.1) is 0 Å². The molecule has 1 aromatic carbocycles. The Kier molecular flexibility index (Phi) is 4.44. The van der Waals surface area contributed by atoms with E-state index in [4.69, 9.17) is 0 Å². The number of hydrogen-bond donors (Lipinski definition) is 2. The molecule has 0 aromatic heterocycles. The minimum atomic E-state index is 0.218. The van der Waals surface area contributed by atoms with E-state index < -0.39 is 0 Å². The standard InChI is InChI=1S/C17H24N2O2/c20-16-8-4-13(5-9-16)11-17(21)19(15-6-7-15)12-14-3-1-2-10-18-14/h4-5,8-9,14-15,18,20H,1-3,6-7,10-12H2. The van der Waals surface area contributed by atoms with Crippen LogP contribution in [0.5, 0.6) is 5.75 Å². The maximum atomic E-state index is 12.6. The summed E-state index contributed by atoms with van der Waals surface area (Å²) in [5, 5.41) is 12.8. The lowest BCUT2D eigenvalue weighted by molar-refractivity contribution is -0.131. The van der Waals surface area contributed by atoms with E-state index in [1.54, 1.807) is 12.1 Å². The summed E-state index contributed by atoms with van der Waals surface area (Å²) >= 11 is 0. The van der Waals surface area contributed by atoms with Gasteiger partial charge in [0.1, 0.15) is 5.75 Å². The first-order valence-electron chi connectivity index (χ1n) is 8.03. The van der Waals surface area contributed by atoms with Gasteiger partial charge in [-0.2, -0.15) is 0 Å². The number of phenols is 1. The number of carbonyl (C=O) groups excluding carboxylic acids is 1. The molecule has 1 aromatic rings. The van der Waals surface area contributed by atoms with Gasteiger partial charge in [-0.1, -0.05) is 18.6 Å². The number of amides is 1. The summed E-state index contributed by atoms with van der Waals surface area (Å²) in [5.74, 6) is 0.465. The number of hydrogen-bond acceptors (Lipinski definition) is 3. The highest BCUT2D eigenvalue weighted by Crippen LogP contribution is 2.28. The second-order valence-electron chi connectivity index (χ2n) is 6.27. The summed E-state index contributed by atoms with van der Waals surface area (Å²) in [4.78, 5) is 14.7. The largest absolute Gasteiger partial charge is 0.508 e. The Morgan fingerprint density at radius 3 is 2.57 bits per heavy atom. The molecule has 1 aliphatic heterocycles. The van der Waals surface area contributed by atoms with Crippen molar-refractivity contribution in [2.45, 2.75) is 50.6 Å². The zero-order valence-electron chi connectivity index (χ0n) is 12.4. The Bertz CT molecular complexity index is 476. The molecule has 4 nitrogen and oxygen atoms in total. The van der Waals surface area contributed by atoms with Crippen molar-refractivity contribution in [3.05, 3.63) is 29.8 Å². The molecule has 0 bridgehead atoms. The molecular formula is C17H24N2O2. The van der Waals surface area contributed by atoms with Gasteiger partial charge in [0.2, 0.25) is 5.91 Å². The van der Waals surface area contributed by atoms with Crippen molar-refractivity contribution in [2.75, 3.05) is 13.1 Å². The number of rotatable bonds is 5. The summed E-state index contributed by atoms with van der Waals surface area (Å²) in [6, 6.07) is 7.87. The third-order valence-corrected chi connectivity index (χ3v) is 4.43. The molecule has 1 unspecified atom stereocenters.